The highest BCUT2D eigenvalue weighted by Gasteiger charge is 2.10. The van der Waals surface area contributed by atoms with Crippen LogP contribution in [0.15, 0.2) is 28.9 Å². The predicted octanol–water partition coefficient (Wildman–Crippen LogP) is 2.45. The van der Waals surface area contributed by atoms with Crippen LogP contribution < -0.4 is 10.6 Å². The quantitative estimate of drug-likeness (QED) is 0.863. The minimum atomic E-state index is -0.323. The molecule has 0 spiro atoms. The third-order valence-electron chi connectivity index (χ3n) is 2.44. The van der Waals surface area contributed by atoms with Crippen molar-refractivity contribution in [2.75, 3.05) is 17.2 Å². The number of pyridine rings is 1. The van der Waals surface area contributed by atoms with Gasteiger partial charge in [-0.25, -0.2) is 0 Å². The van der Waals surface area contributed by atoms with E-state index in [9.17, 15) is 4.79 Å². The van der Waals surface area contributed by atoms with Crippen molar-refractivity contribution in [1.82, 2.24) is 10.1 Å². The zero-order chi connectivity index (χ0) is 13.7. The number of hydrogen-bond donors (Lipinski definition) is 2. The molecule has 100 valence electrons. The van der Waals surface area contributed by atoms with Crippen LogP contribution in [0.25, 0.3) is 0 Å². The molecule has 0 aliphatic carbocycles. The van der Waals surface area contributed by atoms with Crippen LogP contribution in [0.5, 0.6) is 0 Å². The molecule has 0 atom stereocenters. The summed E-state index contributed by atoms with van der Waals surface area (Å²) in [4.78, 5) is 16.0. The number of hydrogen-bond acceptors (Lipinski definition) is 5. The lowest BCUT2D eigenvalue weighted by molar-refractivity contribution is 0.101. The van der Waals surface area contributed by atoms with E-state index in [4.69, 9.17) is 4.52 Å². The first-order chi connectivity index (χ1) is 9.19. The van der Waals surface area contributed by atoms with Crippen molar-refractivity contribution in [3.8, 4) is 0 Å². The van der Waals surface area contributed by atoms with Gasteiger partial charge in [-0.15, -0.1) is 0 Å². The maximum Gasteiger partial charge on any atom is 0.276 e. The van der Waals surface area contributed by atoms with Crippen molar-refractivity contribution in [2.45, 2.75) is 20.3 Å². The Morgan fingerprint density at radius 3 is 2.95 bits per heavy atom. The number of nitrogens with zero attached hydrogens (tertiary/aromatic N) is 2. The van der Waals surface area contributed by atoms with Crippen molar-refractivity contribution in [3.63, 3.8) is 0 Å². The molecule has 0 aromatic carbocycles. The van der Waals surface area contributed by atoms with Crippen molar-refractivity contribution in [1.29, 1.82) is 0 Å². The molecule has 0 radical (unpaired) electrons. The Kier molecular flexibility index (Phi) is 4.12. The number of amides is 1. The molecular weight excluding hydrogens is 244 g/mol. The number of aryl methyl sites for hydroxylation is 1. The molecule has 0 aliphatic rings. The van der Waals surface area contributed by atoms with Gasteiger partial charge < -0.3 is 9.84 Å². The first-order valence-corrected chi connectivity index (χ1v) is 6.13. The minimum Gasteiger partial charge on any atom is -0.385 e. The summed E-state index contributed by atoms with van der Waals surface area (Å²) in [5, 5.41) is 9.50. The summed E-state index contributed by atoms with van der Waals surface area (Å²) in [5.41, 5.74) is 1.91. The number of nitrogens with one attached hydrogen (secondary N) is 2. The molecule has 2 aromatic rings. The highest BCUT2D eigenvalue weighted by atomic mass is 16.5. The third kappa shape index (κ3) is 3.54. The van der Waals surface area contributed by atoms with Crippen LogP contribution in [0, 0.1) is 6.92 Å². The molecule has 2 rings (SSSR count). The lowest BCUT2D eigenvalue weighted by Gasteiger charge is -2.06. The second kappa shape index (κ2) is 5.99. The number of carbonyl (C=O) groups excluding carboxylic acids is 1. The number of rotatable bonds is 5. The standard InChI is InChI=1S/C13H16N4O2/c1-3-5-14-10-4-6-15-11(8-10)13(18)16-12-7-9(2)17-19-12/h4,6-8H,3,5H2,1-2H3,(H,14,15)(H,16,18). The average Bonchev–Trinajstić information content (AvgIpc) is 2.82. The van der Waals surface area contributed by atoms with Gasteiger partial charge in [0.2, 0.25) is 5.88 Å². The highest BCUT2D eigenvalue weighted by molar-refractivity contribution is 6.02. The zero-order valence-electron chi connectivity index (χ0n) is 10.9. The Morgan fingerprint density at radius 1 is 1.42 bits per heavy atom. The summed E-state index contributed by atoms with van der Waals surface area (Å²) < 4.78 is 4.93. The molecule has 19 heavy (non-hydrogen) atoms. The monoisotopic (exact) mass is 260 g/mol. The number of aromatic nitrogens is 2. The van der Waals surface area contributed by atoms with E-state index in [1.807, 2.05) is 6.07 Å². The SMILES string of the molecule is CCCNc1ccnc(C(=O)Nc2cc(C)no2)c1. The second-order valence-electron chi connectivity index (χ2n) is 4.14. The molecular formula is C13H16N4O2. The molecule has 2 heterocycles. The maximum absolute atomic E-state index is 12.0. The first kappa shape index (κ1) is 13.1. The third-order valence-corrected chi connectivity index (χ3v) is 2.44. The Bertz CT molecular complexity index is 565. The Morgan fingerprint density at radius 2 is 2.26 bits per heavy atom. The van der Waals surface area contributed by atoms with Crippen LogP contribution in [0.2, 0.25) is 0 Å². The summed E-state index contributed by atoms with van der Waals surface area (Å²) in [6.07, 6.45) is 2.61. The molecule has 2 aromatic heterocycles. The van der Waals surface area contributed by atoms with Gasteiger partial charge in [-0.2, -0.15) is 0 Å². The molecule has 0 fully saturated rings. The van der Waals surface area contributed by atoms with Gasteiger partial charge in [0.05, 0.1) is 5.69 Å². The van der Waals surface area contributed by atoms with E-state index in [0.717, 1.165) is 18.7 Å². The molecule has 0 bridgehead atoms. The first-order valence-electron chi connectivity index (χ1n) is 6.13. The van der Waals surface area contributed by atoms with Gasteiger partial charge in [-0.1, -0.05) is 12.1 Å². The molecule has 2 N–H and O–H groups in total. The van der Waals surface area contributed by atoms with E-state index in [-0.39, 0.29) is 5.91 Å². The Hall–Kier alpha value is -2.37. The smallest absolute Gasteiger partial charge is 0.276 e. The summed E-state index contributed by atoms with van der Waals surface area (Å²) in [7, 11) is 0. The van der Waals surface area contributed by atoms with Crippen LogP contribution in [0.4, 0.5) is 11.6 Å². The van der Waals surface area contributed by atoms with Gasteiger partial charge >= 0.3 is 0 Å². The molecule has 0 unspecified atom stereocenters. The van der Waals surface area contributed by atoms with Gasteiger partial charge in [0.15, 0.2) is 0 Å². The van der Waals surface area contributed by atoms with Crippen LogP contribution in [0.1, 0.15) is 29.5 Å². The molecule has 1 amide bonds. The van der Waals surface area contributed by atoms with Crippen molar-refractivity contribution < 1.29 is 9.32 Å². The van der Waals surface area contributed by atoms with Crippen molar-refractivity contribution in [2.24, 2.45) is 0 Å². The van der Waals surface area contributed by atoms with E-state index < -0.39 is 0 Å². The van der Waals surface area contributed by atoms with Gasteiger partial charge in [0, 0.05) is 24.5 Å². The summed E-state index contributed by atoms with van der Waals surface area (Å²) in [6.45, 7) is 4.72. The fourth-order valence-electron chi connectivity index (χ4n) is 1.53. The molecule has 0 saturated heterocycles. The molecule has 0 aliphatic heterocycles. The summed E-state index contributed by atoms with van der Waals surface area (Å²) in [5.74, 6) is -0.00693. The van der Waals surface area contributed by atoms with Gasteiger partial charge in [-0.3, -0.25) is 15.1 Å². The highest BCUT2D eigenvalue weighted by Crippen LogP contribution is 2.12. The van der Waals surface area contributed by atoms with E-state index in [2.05, 4.69) is 27.7 Å². The van der Waals surface area contributed by atoms with Gasteiger partial charge in [0.25, 0.3) is 5.91 Å². The van der Waals surface area contributed by atoms with E-state index in [1.165, 1.54) is 0 Å². The molecule has 6 heteroatoms. The van der Waals surface area contributed by atoms with Crippen LogP contribution in [-0.4, -0.2) is 22.6 Å². The summed E-state index contributed by atoms with van der Waals surface area (Å²) in [6, 6.07) is 5.18. The van der Waals surface area contributed by atoms with E-state index in [0.29, 0.717) is 17.3 Å². The lowest BCUT2D eigenvalue weighted by Crippen LogP contribution is -2.13. The predicted molar refractivity (Wildman–Crippen MR) is 72.2 cm³/mol. The number of carbonyl (C=O) groups is 1. The van der Waals surface area contributed by atoms with Gasteiger partial charge in [-0.05, 0) is 25.5 Å². The van der Waals surface area contributed by atoms with Crippen molar-refractivity contribution >= 4 is 17.5 Å². The minimum absolute atomic E-state index is 0.316. The number of anilines is 2. The van der Waals surface area contributed by atoms with Crippen LogP contribution >= 0.6 is 0 Å². The Balaban J connectivity index is 2.06. The van der Waals surface area contributed by atoms with E-state index >= 15 is 0 Å². The summed E-state index contributed by atoms with van der Waals surface area (Å²) >= 11 is 0. The van der Waals surface area contributed by atoms with Crippen LogP contribution in [0.3, 0.4) is 0 Å². The lowest BCUT2D eigenvalue weighted by atomic mass is 10.3. The average molecular weight is 260 g/mol. The van der Waals surface area contributed by atoms with Crippen molar-refractivity contribution in [3.05, 3.63) is 35.8 Å². The second-order valence-corrected chi connectivity index (χ2v) is 4.14. The fourth-order valence-corrected chi connectivity index (χ4v) is 1.53. The zero-order valence-corrected chi connectivity index (χ0v) is 10.9. The maximum atomic E-state index is 12.0. The Labute approximate surface area is 111 Å². The van der Waals surface area contributed by atoms with Crippen LogP contribution in [-0.2, 0) is 0 Å². The van der Waals surface area contributed by atoms with E-state index in [1.54, 1.807) is 25.3 Å². The van der Waals surface area contributed by atoms with Gasteiger partial charge in [0.1, 0.15) is 5.69 Å². The molecule has 6 nitrogen and oxygen atoms in total. The normalized spacial score (nSPS) is 10.2. The topological polar surface area (TPSA) is 80.0 Å². The fraction of sp³-hybridized carbons (Fsp3) is 0.308. The molecule has 0 saturated carbocycles. The largest absolute Gasteiger partial charge is 0.385 e.